The predicted molar refractivity (Wildman–Crippen MR) is 126 cm³/mol. The second kappa shape index (κ2) is 8.37. The SMILES string of the molecule is Cc1nn2c(C(C)C)c(C(=O)NCc3cnc4ccccn34)ccc2c1-c1c(F)cccc1F. The van der Waals surface area contributed by atoms with Crippen LogP contribution in [0.1, 0.15) is 47.2 Å². The molecule has 0 aliphatic rings. The molecule has 0 atom stereocenters. The molecule has 172 valence electrons. The first-order valence-corrected chi connectivity index (χ1v) is 11.0. The zero-order valence-electron chi connectivity index (χ0n) is 19.0. The summed E-state index contributed by atoms with van der Waals surface area (Å²) in [5.41, 5.74) is 4.07. The number of hydrogen-bond donors (Lipinski definition) is 1. The molecule has 4 aromatic heterocycles. The fourth-order valence-corrected chi connectivity index (χ4v) is 4.42. The number of fused-ring (bicyclic) bond motifs is 2. The van der Waals surface area contributed by atoms with Crippen molar-refractivity contribution in [2.75, 3.05) is 0 Å². The van der Waals surface area contributed by atoms with Crippen molar-refractivity contribution in [1.82, 2.24) is 24.3 Å². The Kier molecular flexibility index (Phi) is 5.36. The lowest BCUT2D eigenvalue weighted by Gasteiger charge is -2.15. The van der Waals surface area contributed by atoms with Gasteiger partial charge in [-0.15, -0.1) is 0 Å². The lowest BCUT2D eigenvalue weighted by molar-refractivity contribution is 0.0948. The first kappa shape index (κ1) is 21.8. The second-order valence-corrected chi connectivity index (χ2v) is 8.50. The Balaban J connectivity index is 1.56. The van der Waals surface area contributed by atoms with Crippen LogP contribution < -0.4 is 5.32 Å². The van der Waals surface area contributed by atoms with Crippen LogP contribution in [0.25, 0.3) is 22.3 Å². The molecule has 0 spiro atoms. The van der Waals surface area contributed by atoms with Gasteiger partial charge in [-0.25, -0.2) is 18.3 Å². The minimum atomic E-state index is -0.654. The van der Waals surface area contributed by atoms with Gasteiger partial charge in [0.25, 0.3) is 5.91 Å². The summed E-state index contributed by atoms with van der Waals surface area (Å²) >= 11 is 0. The van der Waals surface area contributed by atoms with Gasteiger partial charge in [0.05, 0.1) is 46.5 Å². The number of amides is 1. The number of aryl methyl sites for hydroxylation is 1. The number of carbonyl (C=O) groups is 1. The molecular formula is C26H23F2N5O. The minimum absolute atomic E-state index is 0.0714. The van der Waals surface area contributed by atoms with Crippen LogP contribution in [0.5, 0.6) is 0 Å². The molecule has 1 aromatic carbocycles. The van der Waals surface area contributed by atoms with E-state index in [2.05, 4.69) is 15.4 Å². The van der Waals surface area contributed by atoms with Crippen molar-refractivity contribution in [3.8, 4) is 11.1 Å². The first-order valence-electron chi connectivity index (χ1n) is 11.0. The zero-order valence-corrected chi connectivity index (χ0v) is 19.0. The van der Waals surface area contributed by atoms with Gasteiger partial charge in [0.1, 0.15) is 17.3 Å². The fraction of sp³-hybridized carbons (Fsp3) is 0.192. The molecule has 4 heterocycles. The Labute approximate surface area is 194 Å². The highest BCUT2D eigenvalue weighted by molar-refractivity contribution is 5.96. The lowest BCUT2D eigenvalue weighted by atomic mass is 9.99. The quantitative estimate of drug-likeness (QED) is 0.389. The van der Waals surface area contributed by atoms with E-state index in [0.717, 1.165) is 11.3 Å². The summed E-state index contributed by atoms with van der Waals surface area (Å²) in [5, 5.41) is 7.54. The minimum Gasteiger partial charge on any atom is -0.346 e. The molecule has 0 radical (unpaired) electrons. The number of hydrogen-bond acceptors (Lipinski definition) is 3. The summed E-state index contributed by atoms with van der Waals surface area (Å²) in [4.78, 5) is 17.6. The van der Waals surface area contributed by atoms with E-state index in [0.29, 0.717) is 34.6 Å². The van der Waals surface area contributed by atoms with E-state index >= 15 is 0 Å². The van der Waals surface area contributed by atoms with E-state index in [9.17, 15) is 13.6 Å². The lowest BCUT2D eigenvalue weighted by Crippen LogP contribution is -2.26. The molecule has 8 heteroatoms. The number of halogens is 2. The standard InChI is InChI=1S/C26H23F2N5O/c1-15(2)25-18(26(34)30-14-17-13-29-22-9-4-5-12-32(17)22)10-11-21-23(16(3)31-33(21)25)24-19(27)7-6-8-20(24)28/h4-13,15H,14H2,1-3H3,(H,30,34). The monoisotopic (exact) mass is 459 g/mol. The largest absolute Gasteiger partial charge is 0.346 e. The van der Waals surface area contributed by atoms with Crippen LogP contribution in [0.2, 0.25) is 0 Å². The van der Waals surface area contributed by atoms with Gasteiger partial charge in [-0.05, 0) is 49.2 Å². The number of aromatic nitrogens is 4. The number of pyridine rings is 2. The molecule has 5 aromatic rings. The second-order valence-electron chi connectivity index (χ2n) is 8.50. The Morgan fingerprint density at radius 2 is 1.79 bits per heavy atom. The van der Waals surface area contributed by atoms with Crippen LogP contribution in [0.4, 0.5) is 8.78 Å². The summed E-state index contributed by atoms with van der Waals surface area (Å²) in [6.45, 7) is 5.92. The van der Waals surface area contributed by atoms with Crippen LogP contribution in [0.15, 0.2) is 60.9 Å². The van der Waals surface area contributed by atoms with E-state index < -0.39 is 11.6 Å². The van der Waals surface area contributed by atoms with Crippen molar-refractivity contribution in [3.63, 3.8) is 0 Å². The maximum atomic E-state index is 14.6. The molecule has 0 unspecified atom stereocenters. The van der Waals surface area contributed by atoms with E-state index in [1.54, 1.807) is 29.8 Å². The van der Waals surface area contributed by atoms with Gasteiger partial charge in [0, 0.05) is 11.8 Å². The van der Waals surface area contributed by atoms with E-state index in [4.69, 9.17) is 0 Å². The van der Waals surface area contributed by atoms with E-state index in [1.165, 1.54) is 18.2 Å². The first-order chi connectivity index (χ1) is 16.4. The number of benzene rings is 1. The van der Waals surface area contributed by atoms with E-state index in [-0.39, 0.29) is 17.4 Å². The summed E-state index contributed by atoms with van der Waals surface area (Å²) in [7, 11) is 0. The molecule has 0 aliphatic carbocycles. The molecule has 0 aliphatic heterocycles. The molecule has 0 saturated heterocycles. The Bertz CT molecular complexity index is 1530. The maximum absolute atomic E-state index is 14.6. The van der Waals surface area contributed by atoms with Gasteiger partial charge in [-0.3, -0.25) is 4.79 Å². The molecule has 1 amide bonds. The number of carbonyl (C=O) groups excluding carboxylic acids is 1. The molecular weight excluding hydrogens is 436 g/mol. The number of nitrogens with one attached hydrogen (secondary N) is 1. The normalized spacial score (nSPS) is 11.6. The van der Waals surface area contributed by atoms with Crippen molar-refractivity contribution in [2.45, 2.75) is 33.2 Å². The third-order valence-electron chi connectivity index (χ3n) is 5.94. The van der Waals surface area contributed by atoms with Gasteiger partial charge in [-0.1, -0.05) is 26.0 Å². The molecule has 5 rings (SSSR count). The molecule has 6 nitrogen and oxygen atoms in total. The van der Waals surface area contributed by atoms with Crippen LogP contribution in [0.3, 0.4) is 0 Å². The van der Waals surface area contributed by atoms with Crippen molar-refractivity contribution < 1.29 is 13.6 Å². The smallest absolute Gasteiger partial charge is 0.253 e. The van der Waals surface area contributed by atoms with Crippen LogP contribution in [0, 0.1) is 18.6 Å². The van der Waals surface area contributed by atoms with Gasteiger partial charge < -0.3 is 9.72 Å². The predicted octanol–water partition coefficient (Wildman–Crippen LogP) is 5.29. The fourth-order valence-electron chi connectivity index (χ4n) is 4.42. The highest BCUT2D eigenvalue weighted by Gasteiger charge is 2.24. The molecule has 1 N–H and O–H groups in total. The average molecular weight is 460 g/mol. The summed E-state index contributed by atoms with van der Waals surface area (Å²) in [6.07, 6.45) is 3.62. The Morgan fingerprint density at radius 3 is 2.53 bits per heavy atom. The Morgan fingerprint density at radius 1 is 1.03 bits per heavy atom. The zero-order chi connectivity index (χ0) is 24.0. The highest BCUT2D eigenvalue weighted by Crippen LogP contribution is 2.34. The topological polar surface area (TPSA) is 63.7 Å². The third-order valence-corrected chi connectivity index (χ3v) is 5.94. The van der Waals surface area contributed by atoms with Gasteiger partial charge in [0.2, 0.25) is 0 Å². The number of nitrogens with zero attached hydrogens (tertiary/aromatic N) is 4. The summed E-state index contributed by atoms with van der Waals surface area (Å²) in [6, 6.07) is 12.9. The number of imidazole rings is 1. The Hall–Kier alpha value is -4.07. The summed E-state index contributed by atoms with van der Waals surface area (Å²) in [5.74, 6) is -1.64. The van der Waals surface area contributed by atoms with E-state index in [1.807, 2.05) is 42.6 Å². The summed E-state index contributed by atoms with van der Waals surface area (Å²) < 4.78 is 32.7. The van der Waals surface area contributed by atoms with Gasteiger partial charge >= 0.3 is 0 Å². The van der Waals surface area contributed by atoms with Crippen LogP contribution >= 0.6 is 0 Å². The average Bonchev–Trinajstić information content (AvgIpc) is 3.37. The highest BCUT2D eigenvalue weighted by atomic mass is 19.1. The molecule has 0 saturated carbocycles. The van der Waals surface area contributed by atoms with Crippen LogP contribution in [-0.2, 0) is 6.54 Å². The maximum Gasteiger partial charge on any atom is 0.253 e. The van der Waals surface area contributed by atoms with Crippen LogP contribution in [-0.4, -0.2) is 24.9 Å². The van der Waals surface area contributed by atoms with Crippen molar-refractivity contribution in [1.29, 1.82) is 0 Å². The molecule has 0 fully saturated rings. The third kappa shape index (κ3) is 3.51. The van der Waals surface area contributed by atoms with Crippen molar-refractivity contribution in [3.05, 3.63) is 95.2 Å². The molecule has 0 bridgehead atoms. The molecule has 34 heavy (non-hydrogen) atoms. The van der Waals surface area contributed by atoms with Gasteiger partial charge in [-0.2, -0.15) is 5.10 Å². The van der Waals surface area contributed by atoms with Gasteiger partial charge in [0.15, 0.2) is 0 Å². The van der Waals surface area contributed by atoms with Crippen molar-refractivity contribution >= 4 is 17.1 Å². The number of rotatable bonds is 5. The van der Waals surface area contributed by atoms with Crippen molar-refractivity contribution in [2.24, 2.45) is 0 Å².